The molecule has 76 valence electrons. The van der Waals surface area contributed by atoms with Gasteiger partial charge in [-0.3, -0.25) is 0 Å². The van der Waals surface area contributed by atoms with Gasteiger partial charge in [-0.1, -0.05) is 0 Å². The van der Waals surface area contributed by atoms with E-state index < -0.39 is 0 Å². The van der Waals surface area contributed by atoms with Crippen molar-refractivity contribution in [3.63, 3.8) is 0 Å². The van der Waals surface area contributed by atoms with E-state index in [1.54, 1.807) is 4.90 Å². The number of rotatable bonds is 1. The molecule has 0 aliphatic carbocycles. The predicted molar refractivity (Wildman–Crippen MR) is 50.7 cm³/mol. The van der Waals surface area contributed by atoms with Crippen molar-refractivity contribution in [2.75, 3.05) is 19.6 Å². The van der Waals surface area contributed by atoms with Crippen LogP contribution in [0.3, 0.4) is 0 Å². The summed E-state index contributed by atoms with van der Waals surface area (Å²) >= 11 is 0. The van der Waals surface area contributed by atoms with Crippen LogP contribution in [0.15, 0.2) is 0 Å². The van der Waals surface area contributed by atoms with Crippen molar-refractivity contribution < 1.29 is 9.53 Å². The number of hydrogen-bond acceptors (Lipinski definition) is 3. The zero-order valence-electron chi connectivity index (χ0n) is 8.54. The van der Waals surface area contributed by atoms with Gasteiger partial charge >= 0.3 is 6.09 Å². The molecule has 0 bridgehead atoms. The van der Waals surface area contributed by atoms with E-state index in [-0.39, 0.29) is 18.2 Å². The van der Waals surface area contributed by atoms with Crippen molar-refractivity contribution in [3.05, 3.63) is 0 Å². The van der Waals surface area contributed by atoms with E-state index in [1.807, 2.05) is 20.8 Å². The largest absolute Gasteiger partial charge is 0.447 e. The Labute approximate surface area is 79.2 Å². The minimum Gasteiger partial charge on any atom is -0.447 e. The van der Waals surface area contributed by atoms with Gasteiger partial charge in [-0.2, -0.15) is 0 Å². The van der Waals surface area contributed by atoms with Crippen molar-refractivity contribution in [2.24, 2.45) is 0 Å². The summed E-state index contributed by atoms with van der Waals surface area (Å²) in [4.78, 5) is 13.3. The molecular weight excluding hydrogens is 168 g/mol. The summed E-state index contributed by atoms with van der Waals surface area (Å²) in [5, 5.41) is 3.22. The first-order valence-corrected chi connectivity index (χ1v) is 4.79. The normalized spacial score (nSPS) is 23.4. The average Bonchev–Trinajstić information content (AvgIpc) is 2.03. The van der Waals surface area contributed by atoms with Crippen molar-refractivity contribution in [1.82, 2.24) is 10.2 Å². The van der Waals surface area contributed by atoms with Gasteiger partial charge in [-0.05, 0) is 20.8 Å². The quantitative estimate of drug-likeness (QED) is 0.659. The summed E-state index contributed by atoms with van der Waals surface area (Å²) in [7, 11) is 0. The summed E-state index contributed by atoms with van der Waals surface area (Å²) in [6.07, 6.45) is -0.224. The zero-order valence-corrected chi connectivity index (χ0v) is 8.54. The molecule has 0 radical (unpaired) electrons. The maximum atomic E-state index is 11.5. The number of piperazine rings is 1. The Kier molecular flexibility index (Phi) is 3.54. The molecule has 0 saturated carbocycles. The topological polar surface area (TPSA) is 41.6 Å². The van der Waals surface area contributed by atoms with Gasteiger partial charge in [0.25, 0.3) is 0 Å². The van der Waals surface area contributed by atoms with Crippen LogP contribution < -0.4 is 5.32 Å². The third-order valence-corrected chi connectivity index (χ3v) is 2.07. The lowest BCUT2D eigenvalue weighted by Crippen LogP contribution is -2.52. The predicted octanol–water partition coefficient (Wildman–Crippen LogP) is 0.825. The molecule has 1 amide bonds. The molecule has 1 aliphatic rings. The molecule has 0 spiro atoms. The monoisotopic (exact) mass is 186 g/mol. The van der Waals surface area contributed by atoms with Crippen LogP contribution in [0, 0.1) is 0 Å². The number of ether oxygens (including phenoxy) is 1. The highest BCUT2D eigenvalue weighted by Gasteiger charge is 2.24. The van der Waals surface area contributed by atoms with Gasteiger partial charge in [-0.15, -0.1) is 0 Å². The third-order valence-electron chi connectivity index (χ3n) is 2.07. The van der Waals surface area contributed by atoms with Crippen molar-refractivity contribution in [1.29, 1.82) is 0 Å². The molecule has 0 aromatic heterocycles. The maximum absolute atomic E-state index is 11.5. The molecule has 1 atom stereocenters. The van der Waals surface area contributed by atoms with Crippen LogP contribution in [0.2, 0.25) is 0 Å². The Morgan fingerprint density at radius 2 is 2.31 bits per heavy atom. The Morgan fingerprint density at radius 3 is 2.85 bits per heavy atom. The van der Waals surface area contributed by atoms with Crippen LogP contribution in [0.25, 0.3) is 0 Å². The van der Waals surface area contributed by atoms with Gasteiger partial charge in [0.1, 0.15) is 0 Å². The van der Waals surface area contributed by atoms with Gasteiger partial charge in [0.2, 0.25) is 0 Å². The van der Waals surface area contributed by atoms with Gasteiger partial charge in [0.15, 0.2) is 0 Å². The lowest BCUT2D eigenvalue weighted by atomic mass is 10.2. The van der Waals surface area contributed by atoms with E-state index in [0.29, 0.717) is 0 Å². The SMILES string of the molecule is CC(C)OC(=O)N1CCNCC1C. The average molecular weight is 186 g/mol. The van der Waals surface area contributed by atoms with Crippen molar-refractivity contribution >= 4 is 6.09 Å². The van der Waals surface area contributed by atoms with Gasteiger partial charge < -0.3 is 15.0 Å². The Bertz CT molecular complexity index is 182. The summed E-state index contributed by atoms with van der Waals surface area (Å²) in [5.41, 5.74) is 0. The molecule has 0 aromatic carbocycles. The van der Waals surface area contributed by atoms with Crippen molar-refractivity contribution in [2.45, 2.75) is 32.9 Å². The molecule has 1 rings (SSSR count). The van der Waals surface area contributed by atoms with Gasteiger partial charge in [0.05, 0.1) is 6.10 Å². The van der Waals surface area contributed by atoms with Crippen LogP contribution in [-0.4, -0.2) is 42.8 Å². The standard InChI is InChI=1S/C9H18N2O2/c1-7(2)13-9(12)11-5-4-10-6-8(11)3/h7-8,10H,4-6H2,1-3H3. The van der Waals surface area contributed by atoms with E-state index in [1.165, 1.54) is 0 Å². The van der Waals surface area contributed by atoms with E-state index in [9.17, 15) is 4.79 Å². The number of nitrogens with zero attached hydrogens (tertiary/aromatic N) is 1. The van der Waals surface area contributed by atoms with E-state index in [2.05, 4.69) is 5.32 Å². The number of nitrogens with one attached hydrogen (secondary N) is 1. The van der Waals surface area contributed by atoms with Gasteiger partial charge in [-0.25, -0.2) is 4.79 Å². The summed E-state index contributed by atoms with van der Waals surface area (Å²) in [6, 6.07) is 0.236. The molecule has 4 heteroatoms. The third kappa shape index (κ3) is 2.88. The number of hydrogen-bond donors (Lipinski definition) is 1. The first-order chi connectivity index (χ1) is 6.11. The highest BCUT2D eigenvalue weighted by Crippen LogP contribution is 2.06. The van der Waals surface area contributed by atoms with Crippen LogP contribution in [0.5, 0.6) is 0 Å². The minimum atomic E-state index is -0.191. The molecule has 1 unspecified atom stereocenters. The van der Waals surface area contributed by atoms with E-state index >= 15 is 0 Å². The maximum Gasteiger partial charge on any atom is 0.410 e. The number of amides is 1. The Balaban J connectivity index is 2.44. The molecule has 1 saturated heterocycles. The lowest BCUT2D eigenvalue weighted by molar-refractivity contribution is 0.0596. The summed E-state index contributed by atoms with van der Waals surface area (Å²) < 4.78 is 5.12. The van der Waals surface area contributed by atoms with E-state index in [0.717, 1.165) is 19.6 Å². The van der Waals surface area contributed by atoms with Gasteiger partial charge in [0, 0.05) is 25.7 Å². The second-order valence-electron chi connectivity index (χ2n) is 3.68. The molecule has 1 fully saturated rings. The van der Waals surface area contributed by atoms with E-state index in [4.69, 9.17) is 4.74 Å². The molecule has 1 aliphatic heterocycles. The Morgan fingerprint density at radius 1 is 1.62 bits per heavy atom. The first-order valence-electron chi connectivity index (χ1n) is 4.79. The first kappa shape index (κ1) is 10.3. The van der Waals surface area contributed by atoms with Crippen molar-refractivity contribution in [3.8, 4) is 0 Å². The number of carbonyl (C=O) groups is 1. The lowest BCUT2D eigenvalue weighted by Gasteiger charge is -2.33. The fourth-order valence-electron chi connectivity index (χ4n) is 1.38. The zero-order chi connectivity index (χ0) is 9.84. The molecule has 1 N–H and O–H groups in total. The van der Waals surface area contributed by atoms with Crippen LogP contribution >= 0.6 is 0 Å². The molecule has 0 aromatic rings. The second kappa shape index (κ2) is 4.46. The molecule has 1 heterocycles. The van der Waals surface area contributed by atoms with Crippen LogP contribution in [0.1, 0.15) is 20.8 Å². The second-order valence-corrected chi connectivity index (χ2v) is 3.68. The number of carbonyl (C=O) groups excluding carboxylic acids is 1. The minimum absolute atomic E-state index is 0.0328. The smallest absolute Gasteiger partial charge is 0.410 e. The molecular formula is C9H18N2O2. The fraction of sp³-hybridized carbons (Fsp3) is 0.889. The highest BCUT2D eigenvalue weighted by atomic mass is 16.6. The summed E-state index contributed by atoms with van der Waals surface area (Å²) in [6.45, 7) is 8.21. The Hall–Kier alpha value is -0.770. The summed E-state index contributed by atoms with van der Waals surface area (Å²) in [5.74, 6) is 0. The highest BCUT2D eigenvalue weighted by molar-refractivity contribution is 5.68. The van der Waals surface area contributed by atoms with Crippen LogP contribution in [0.4, 0.5) is 4.79 Å². The molecule has 13 heavy (non-hydrogen) atoms. The van der Waals surface area contributed by atoms with Crippen LogP contribution in [-0.2, 0) is 4.74 Å². The fourth-order valence-corrected chi connectivity index (χ4v) is 1.38. The molecule has 4 nitrogen and oxygen atoms in total.